The lowest BCUT2D eigenvalue weighted by atomic mass is 10.3. The fraction of sp³-hybridized carbons (Fsp3) is 0.778. The molecule has 1 aliphatic rings. The van der Waals surface area contributed by atoms with Crippen LogP contribution >= 0.6 is 0 Å². The number of carbonyl (C=O) groups is 2. The molecule has 1 heterocycles. The largest absolute Gasteiger partial charge is 0.479 e. The number of ether oxygens (including phenoxy) is 1. The van der Waals surface area contributed by atoms with Crippen molar-refractivity contribution in [2.24, 2.45) is 0 Å². The smallest absolute Gasteiger partial charge is 0.334 e. The van der Waals surface area contributed by atoms with E-state index in [9.17, 15) is 9.59 Å². The molecule has 15 heavy (non-hydrogen) atoms. The van der Waals surface area contributed by atoms with Crippen molar-refractivity contribution in [1.29, 1.82) is 0 Å². The number of hydrogen-bond acceptors (Lipinski definition) is 4. The van der Waals surface area contributed by atoms with Crippen molar-refractivity contribution < 1.29 is 19.4 Å². The minimum atomic E-state index is -0.931. The first kappa shape index (κ1) is 11.9. The summed E-state index contributed by atoms with van der Waals surface area (Å²) in [7, 11) is 0. The highest BCUT2D eigenvalue weighted by Crippen LogP contribution is 2.04. The Kier molecular flexibility index (Phi) is 4.51. The van der Waals surface area contributed by atoms with Gasteiger partial charge in [-0.15, -0.1) is 0 Å². The standard InChI is InChI=1S/C9H16N2O4/c1-7(12)10-2-3-11-4-5-15-8(6-11)9(13)14/h8H,2-6H2,1H3,(H,10,12)(H,13,14). The molecule has 0 radical (unpaired) electrons. The van der Waals surface area contributed by atoms with Gasteiger partial charge >= 0.3 is 5.97 Å². The third-order valence-corrected chi connectivity index (χ3v) is 2.23. The average molecular weight is 216 g/mol. The topological polar surface area (TPSA) is 78.9 Å². The fourth-order valence-electron chi connectivity index (χ4n) is 1.45. The van der Waals surface area contributed by atoms with Gasteiger partial charge in [0.25, 0.3) is 0 Å². The minimum absolute atomic E-state index is 0.0713. The summed E-state index contributed by atoms with van der Waals surface area (Å²) in [6, 6.07) is 0. The summed E-state index contributed by atoms with van der Waals surface area (Å²) in [5, 5.41) is 11.4. The van der Waals surface area contributed by atoms with Gasteiger partial charge in [-0.25, -0.2) is 4.79 Å². The summed E-state index contributed by atoms with van der Waals surface area (Å²) in [6.45, 7) is 4.18. The van der Waals surface area contributed by atoms with Gasteiger partial charge in [-0.2, -0.15) is 0 Å². The van der Waals surface area contributed by atoms with Crippen molar-refractivity contribution >= 4 is 11.9 Å². The highest BCUT2D eigenvalue weighted by Gasteiger charge is 2.25. The van der Waals surface area contributed by atoms with Crippen LogP contribution in [0.3, 0.4) is 0 Å². The molecule has 0 aromatic heterocycles. The van der Waals surface area contributed by atoms with Gasteiger partial charge in [0.1, 0.15) is 0 Å². The molecular weight excluding hydrogens is 200 g/mol. The molecule has 1 amide bonds. The maximum Gasteiger partial charge on any atom is 0.334 e. The summed E-state index contributed by atoms with van der Waals surface area (Å²) < 4.78 is 5.07. The maximum absolute atomic E-state index is 10.7. The van der Waals surface area contributed by atoms with Crippen molar-refractivity contribution in [3.05, 3.63) is 0 Å². The Balaban J connectivity index is 2.24. The Morgan fingerprint density at radius 2 is 2.33 bits per heavy atom. The third kappa shape index (κ3) is 4.26. The van der Waals surface area contributed by atoms with Crippen LogP contribution in [-0.4, -0.2) is 60.8 Å². The molecule has 1 saturated heterocycles. The lowest BCUT2D eigenvalue weighted by Crippen LogP contribution is -2.48. The number of carbonyl (C=O) groups excluding carboxylic acids is 1. The molecule has 0 bridgehead atoms. The Labute approximate surface area is 88.2 Å². The molecule has 0 saturated carbocycles. The summed E-state index contributed by atoms with van der Waals surface area (Å²) in [6.07, 6.45) is -0.740. The first-order valence-corrected chi connectivity index (χ1v) is 4.91. The lowest BCUT2D eigenvalue weighted by molar-refractivity contribution is -0.156. The van der Waals surface area contributed by atoms with Gasteiger partial charge in [0.2, 0.25) is 5.91 Å². The molecular formula is C9H16N2O4. The van der Waals surface area contributed by atoms with Crippen molar-refractivity contribution in [1.82, 2.24) is 10.2 Å². The van der Waals surface area contributed by atoms with Crippen LogP contribution in [0.1, 0.15) is 6.92 Å². The van der Waals surface area contributed by atoms with E-state index in [1.807, 2.05) is 4.90 Å². The van der Waals surface area contributed by atoms with E-state index in [1.54, 1.807) is 0 Å². The van der Waals surface area contributed by atoms with E-state index in [2.05, 4.69) is 5.32 Å². The normalized spacial score (nSPS) is 22.3. The Hall–Kier alpha value is -1.14. The van der Waals surface area contributed by atoms with E-state index in [0.29, 0.717) is 32.8 Å². The molecule has 1 aliphatic heterocycles. The van der Waals surface area contributed by atoms with Crippen LogP contribution < -0.4 is 5.32 Å². The van der Waals surface area contributed by atoms with Crippen LogP contribution in [-0.2, 0) is 14.3 Å². The molecule has 86 valence electrons. The monoisotopic (exact) mass is 216 g/mol. The molecule has 0 aromatic rings. The van der Waals surface area contributed by atoms with Gasteiger partial charge in [0.15, 0.2) is 6.10 Å². The van der Waals surface area contributed by atoms with E-state index in [1.165, 1.54) is 6.92 Å². The average Bonchev–Trinajstić information content (AvgIpc) is 2.17. The van der Waals surface area contributed by atoms with Crippen LogP contribution in [0.15, 0.2) is 0 Å². The summed E-state index contributed by atoms with van der Waals surface area (Å²) in [5.41, 5.74) is 0. The molecule has 1 unspecified atom stereocenters. The number of hydrogen-bond donors (Lipinski definition) is 2. The molecule has 6 heteroatoms. The van der Waals surface area contributed by atoms with E-state index in [0.717, 1.165) is 0 Å². The van der Waals surface area contributed by atoms with Crippen molar-refractivity contribution in [3.63, 3.8) is 0 Å². The second-order valence-corrected chi connectivity index (χ2v) is 3.48. The van der Waals surface area contributed by atoms with Gasteiger partial charge in [-0.3, -0.25) is 9.69 Å². The molecule has 0 aromatic carbocycles. The summed E-state index contributed by atoms with van der Waals surface area (Å²) in [4.78, 5) is 23.2. The van der Waals surface area contributed by atoms with Crippen LogP contribution in [0, 0.1) is 0 Å². The molecule has 0 aliphatic carbocycles. The summed E-state index contributed by atoms with van der Waals surface area (Å²) in [5.74, 6) is -1.00. The second-order valence-electron chi connectivity index (χ2n) is 3.48. The Bertz CT molecular complexity index is 244. The molecule has 1 rings (SSSR count). The fourth-order valence-corrected chi connectivity index (χ4v) is 1.45. The lowest BCUT2D eigenvalue weighted by Gasteiger charge is -2.30. The number of morpholine rings is 1. The predicted molar refractivity (Wildman–Crippen MR) is 52.5 cm³/mol. The van der Waals surface area contributed by atoms with Gasteiger partial charge < -0.3 is 15.2 Å². The minimum Gasteiger partial charge on any atom is -0.479 e. The maximum atomic E-state index is 10.7. The van der Waals surface area contributed by atoms with E-state index in [-0.39, 0.29) is 5.91 Å². The molecule has 1 atom stereocenters. The highest BCUT2D eigenvalue weighted by atomic mass is 16.5. The third-order valence-electron chi connectivity index (χ3n) is 2.23. The van der Waals surface area contributed by atoms with Crippen molar-refractivity contribution in [3.8, 4) is 0 Å². The number of carboxylic acid groups (broad SMARTS) is 1. The van der Waals surface area contributed by atoms with E-state index < -0.39 is 12.1 Å². The van der Waals surface area contributed by atoms with Gasteiger partial charge in [-0.1, -0.05) is 0 Å². The van der Waals surface area contributed by atoms with Gasteiger partial charge in [-0.05, 0) is 0 Å². The zero-order valence-corrected chi connectivity index (χ0v) is 8.73. The Morgan fingerprint density at radius 3 is 2.93 bits per heavy atom. The van der Waals surface area contributed by atoms with Gasteiger partial charge in [0.05, 0.1) is 6.61 Å². The quantitative estimate of drug-likeness (QED) is 0.624. The SMILES string of the molecule is CC(=O)NCCN1CCOC(C(=O)O)C1. The zero-order chi connectivity index (χ0) is 11.3. The number of nitrogens with zero attached hydrogens (tertiary/aromatic N) is 1. The molecule has 6 nitrogen and oxygen atoms in total. The number of nitrogens with one attached hydrogen (secondary N) is 1. The van der Waals surface area contributed by atoms with Crippen LogP contribution in [0.4, 0.5) is 0 Å². The first-order valence-electron chi connectivity index (χ1n) is 4.91. The second kappa shape index (κ2) is 5.67. The zero-order valence-electron chi connectivity index (χ0n) is 8.73. The molecule has 2 N–H and O–H groups in total. The Morgan fingerprint density at radius 1 is 1.60 bits per heavy atom. The van der Waals surface area contributed by atoms with Crippen LogP contribution in [0.2, 0.25) is 0 Å². The van der Waals surface area contributed by atoms with Crippen molar-refractivity contribution in [2.45, 2.75) is 13.0 Å². The summed E-state index contributed by atoms with van der Waals surface area (Å²) >= 11 is 0. The predicted octanol–water partition coefficient (Wildman–Crippen LogP) is -1.09. The van der Waals surface area contributed by atoms with Crippen LogP contribution in [0.25, 0.3) is 0 Å². The van der Waals surface area contributed by atoms with Gasteiger partial charge in [0, 0.05) is 33.1 Å². The van der Waals surface area contributed by atoms with Crippen LogP contribution in [0.5, 0.6) is 0 Å². The molecule has 1 fully saturated rings. The van der Waals surface area contributed by atoms with E-state index in [4.69, 9.17) is 9.84 Å². The first-order chi connectivity index (χ1) is 7.09. The number of aliphatic carboxylic acids is 1. The highest BCUT2D eigenvalue weighted by molar-refractivity contribution is 5.73. The van der Waals surface area contributed by atoms with Crippen molar-refractivity contribution in [2.75, 3.05) is 32.8 Å². The van der Waals surface area contributed by atoms with E-state index >= 15 is 0 Å². The number of rotatable bonds is 4. The molecule has 0 spiro atoms. The number of carboxylic acids is 1. The number of amides is 1.